The van der Waals surface area contributed by atoms with Gasteiger partial charge >= 0.3 is 5.97 Å². The van der Waals surface area contributed by atoms with Crippen LogP contribution < -0.4 is 4.72 Å². The summed E-state index contributed by atoms with van der Waals surface area (Å²) in [6.45, 7) is 2.69. The first-order chi connectivity index (χ1) is 8.42. The van der Waals surface area contributed by atoms with Gasteiger partial charge in [0.1, 0.15) is 4.88 Å². The van der Waals surface area contributed by atoms with E-state index in [0.29, 0.717) is 24.4 Å². The zero-order valence-electron chi connectivity index (χ0n) is 10.4. The Labute approximate surface area is 111 Å². The normalized spacial score (nSPS) is 11.4. The maximum atomic E-state index is 11.5. The van der Waals surface area contributed by atoms with Crippen molar-refractivity contribution in [2.45, 2.75) is 19.8 Å². The van der Waals surface area contributed by atoms with Crippen molar-refractivity contribution in [3.63, 3.8) is 0 Å². The van der Waals surface area contributed by atoms with E-state index in [1.54, 1.807) is 6.07 Å². The highest BCUT2D eigenvalue weighted by molar-refractivity contribution is 7.88. The molecule has 0 fully saturated rings. The summed E-state index contributed by atoms with van der Waals surface area (Å²) in [6, 6.07) is 3.52. The van der Waals surface area contributed by atoms with Gasteiger partial charge in [-0.25, -0.2) is 17.9 Å². The molecule has 102 valence electrons. The van der Waals surface area contributed by atoms with Gasteiger partial charge in [-0.05, 0) is 25.0 Å². The van der Waals surface area contributed by atoms with Gasteiger partial charge in [0.15, 0.2) is 0 Å². The lowest BCUT2D eigenvalue weighted by molar-refractivity contribution is 0.0511. The van der Waals surface area contributed by atoms with Crippen LogP contribution in [0.15, 0.2) is 12.1 Å². The van der Waals surface area contributed by atoms with Gasteiger partial charge in [-0.15, -0.1) is 11.3 Å². The first-order valence-corrected chi connectivity index (χ1v) is 8.33. The highest BCUT2D eigenvalue weighted by Gasteiger charge is 2.10. The molecule has 7 heteroatoms. The smallest absolute Gasteiger partial charge is 0.348 e. The van der Waals surface area contributed by atoms with E-state index in [1.165, 1.54) is 11.3 Å². The molecule has 0 radical (unpaired) electrons. The lowest BCUT2D eigenvalue weighted by Crippen LogP contribution is -2.23. The van der Waals surface area contributed by atoms with Gasteiger partial charge in [-0.1, -0.05) is 6.92 Å². The number of ether oxygens (including phenoxy) is 1. The second-order valence-electron chi connectivity index (χ2n) is 3.82. The predicted octanol–water partition coefficient (Wildman–Crippen LogP) is 1.41. The fourth-order valence-electron chi connectivity index (χ4n) is 1.25. The molecule has 0 aliphatic rings. The molecule has 0 aromatic carbocycles. The Bertz CT molecular complexity index is 493. The molecule has 0 aliphatic carbocycles. The summed E-state index contributed by atoms with van der Waals surface area (Å²) in [4.78, 5) is 13.0. The summed E-state index contributed by atoms with van der Waals surface area (Å²) in [5.41, 5.74) is 0. The first kappa shape index (κ1) is 15.1. The molecule has 0 amide bonds. The number of hydrogen-bond donors (Lipinski definition) is 1. The molecule has 1 rings (SSSR count). The average molecular weight is 291 g/mol. The van der Waals surface area contributed by atoms with Crippen molar-refractivity contribution in [1.29, 1.82) is 0 Å². The number of sulfonamides is 1. The quantitative estimate of drug-likeness (QED) is 0.771. The molecular formula is C11H17NO4S2. The lowest BCUT2D eigenvalue weighted by Gasteiger charge is -2.00. The largest absolute Gasteiger partial charge is 0.462 e. The molecule has 1 heterocycles. The highest BCUT2D eigenvalue weighted by Crippen LogP contribution is 2.17. The SMILES string of the molecule is CCCOC(=O)c1ccc(CCNS(C)(=O)=O)s1. The van der Waals surface area contributed by atoms with Crippen LogP contribution in [-0.4, -0.2) is 33.8 Å². The minimum Gasteiger partial charge on any atom is -0.462 e. The third-order valence-corrected chi connectivity index (χ3v) is 3.89. The molecular weight excluding hydrogens is 274 g/mol. The van der Waals surface area contributed by atoms with Crippen molar-refractivity contribution in [3.8, 4) is 0 Å². The number of esters is 1. The summed E-state index contributed by atoms with van der Waals surface area (Å²) >= 11 is 1.33. The fourth-order valence-corrected chi connectivity index (χ4v) is 2.62. The second kappa shape index (κ2) is 6.86. The third-order valence-electron chi connectivity index (χ3n) is 2.04. The van der Waals surface area contributed by atoms with Crippen LogP contribution in [0, 0.1) is 0 Å². The minimum absolute atomic E-state index is 0.316. The van der Waals surface area contributed by atoms with E-state index in [2.05, 4.69) is 4.72 Å². The highest BCUT2D eigenvalue weighted by atomic mass is 32.2. The summed E-state index contributed by atoms with van der Waals surface area (Å²) in [5, 5.41) is 0. The number of carbonyl (C=O) groups is 1. The maximum Gasteiger partial charge on any atom is 0.348 e. The predicted molar refractivity (Wildman–Crippen MR) is 71.4 cm³/mol. The molecule has 1 N–H and O–H groups in total. The van der Waals surface area contributed by atoms with E-state index in [1.807, 2.05) is 13.0 Å². The Hall–Kier alpha value is -0.920. The standard InChI is InChI=1S/C11H17NO4S2/c1-3-8-16-11(13)10-5-4-9(17-10)6-7-12-18(2,14)15/h4-5,12H,3,6-8H2,1-2H3. The van der Waals surface area contributed by atoms with Gasteiger partial charge in [0.05, 0.1) is 12.9 Å². The molecule has 18 heavy (non-hydrogen) atoms. The van der Waals surface area contributed by atoms with Gasteiger partial charge < -0.3 is 4.74 Å². The van der Waals surface area contributed by atoms with Crippen molar-refractivity contribution < 1.29 is 17.9 Å². The van der Waals surface area contributed by atoms with Crippen molar-refractivity contribution in [1.82, 2.24) is 4.72 Å². The van der Waals surface area contributed by atoms with Gasteiger partial charge in [-0.3, -0.25) is 0 Å². The molecule has 1 aromatic heterocycles. The van der Waals surface area contributed by atoms with Gasteiger partial charge in [0.25, 0.3) is 0 Å². The van der Waals surface area contributed by atoms with Crippen LogP contribution in [0.5, 0.6) is 0 Å². The topological polar surface area (TPSA) is 72.5 Å². The molecule has 0 bridgehead atoms. The van der Waals surface area contributed by atoms with Crippen LogP contribution in [0.3, 0.4) is 0 Å². The third kappa shape index (κ3) is 5.61. The van der Waals surface area contributed by atoms with Crippen molar-refractivity contribution in [3.05, 3.63) is 21.9 Å². The Balaban J connectivity index is 2.45. The summed E-state index contributed by atoms with van der Waals surface area (Å²) in [7, 11) is -3.15. The molecule has 0 spiro atoms. The van der Waals surface area contributed by atoms with E-state index in [-0.39, 0.29) is 5.97 Å². The van der Waals surface area contributed by atoms with Crippen LogP contribution in [0.1, 0.15) is 27.9 Å². The summed E-state index contributed by atoms with van der Waals surface area (Å²) < 4.78 is 29.2. The molecule has 0 atom stereocenters. The lowest BCUT2D eigenvalue weighted by atomic mass is 10.3. The molecule has 0 saturated carbocycles. The van der Waals surface area contributed by atoms with Crippen LogP contribution in [0.25, 0.3) is 0 Å². The molecule has 1 aromatic rings. The number of thiophene rings is 1. The van der Waals surface area contributed by atoms with E-state index in [4.69, 9.17) is 4.74 Å². The Morgan fingerprint density at radius 2 is 2.17 bits per heavy atom. The Morgan fingerprint density at radius 1 is 1.44 bits per heavy atom. The van der Waals surface area contributed by atoms with E-state index >= 15 is 0 Å². The van der Waals surface area contributed by atoms with Crippen LogP contribution >= 0.6 is 11.3 Å². The van der Waals surface area contributed by atoms with Crippen LogP contribution in [0.4, 0.5) is 0 Å². The molecule has 0 unspecified atom stereocenters. The van der Waals surface area contributed by atoms with Crippen molar-refractivity contribution >= 4 is 27.3 Å². The average Bonchev–Trinajstić information content (AvgIpc) is 2.73. The Morgan fingerprint density at radius 3 is 2.78 bits per heavy atom. The van der Waals surface area contributed by atoms with Crippen LogP contribution in [0.2, 0.25) is 0 Å². The number of carbonyl (C=O) groups excluding carboxylic acids is 1. The zero-order chi connectivity index (χ0) is 13.6. The number of nitrogens with one attached hydrogen (secondary N) is 1. The minimum atomic E-state index is -3.15. The first-order valence-electron chi connectivity index (χ1n) is 5.63. The zero-order valence-corrected chi connectivity index (χ0v) is 12.1. The van der Waals surface area contributed by atoms with E-state index < -0.39 is 10.0 Å². The van der Waals surface area contributed by atoms with Gasteiger partial charge in [-0.2, -0.15) is 0 Å². The Kier molecular flexibility index (Phi) is 5.77. The molecule has 5 nitrogen and oxygen atoms in total. The van der Waals surface area contributed by atoms with Gasteiger partial charge in [0.2, 0.25) is 10.0 Å². The van der Waals surface area contributed by atoms with Gasteiger partial charge in [0, 0.05) is 11.4 Å². The second-order valence-corrected chi connectivity index (χ2v) is 6.82. The molecule has 0 aliphatic heterocycles. The number of rotatable bonds is 7. The van der Waals surface area contributed by atoms with E-state index in [9.17, 15) is 13.2 Å². The van der Waals surface area contributed by atoms with Crippen molar-refractivity contribution in [2.24, 2.45) is 0 Å². The molecule has 0 saturated heterocycles. The monoisotopic (exact) mass is 291 g/mol. The number of hydrogen-bond acceptors (Lipinski definition) is 5. The maximum absolute atomic E-state index is 11.5. The van der Waals surface area contributed by atoms with Crippen molar-refractivity contribution in [2.75, 3.05) is 19.4 Å². The van der Waals surface area contributed by atoms with E-state index in [0.717, 1.165) is 17.6 Å². The van der Waals surface area contributed by atoms with Crippen LogP contribution in [-0.2, 0) is 21.2 Å². The fraction of sp³-hybridized carbons (Fsp3) is 0.545. The summed E-state index contributed by atoms with van der Waals surface area (Å²) in [6.07, 6.45) is 2.48. The summed E-state index contributed by atoms with van der Waals surface area (Å²) in [5.74, 6) is -0.316.